The minimum atomic E-state index is -2.83. The van der Waals surface area contributed by atoms with Crippen LogP contribution in [0, 0.1) is 19.3 Å². The molecule has 0 aliphatic rings. The number of hydrogen-bond acceptors (Lipinski definition) is 4. The van der Waals surface area contributed by atoms with Gasteiger partial charge in [0.1, 0.15) is 5.75 Å². The number of halogens is 2. The van der Waals surface area contributed by atoms with Gasteiger partial charge in [0.2, 0.25) is 0 Å². The van der Waals surface area contributed by atoms with Crippen molar-refractivity contribution in [2.75, 3.05) is 26.8 Å². The topological polar surface area (TPSA) is 52.9 Å². The van der Waals surface area contributed by atoms with Crippen molar-refractivity contribution >= 4 is 0 Å². The van der Waals surface area contributed by atoms with E-state index in [1.165, 1.54) is 0 Å². The van der Waals surface area contributed by atoms with Crippen LogP contribution in [0.2, 0.25) is 0 Å². The van der Waals surface area contributed by atoms with Crippen LogP contribution in [-0.4, -0.2) is 48.5 Å². The predicted molar refractivity (Wildman–Crippen MR) is 81.2 cm³/mol. The quantitative estimate of drug-likeness (QED) is 0.773. The maximum absolute atomic E-state index is 12.4. The number of aliphatic hydroxyl groups is 2. The van der Waals surface area contributed by atoms with Gasteiger partial charge in [-0.1, -0.05) is 19.1 Å². The average molecular weight is 317 g/mol. The van der Waals surface area contributed by atoms with Gasteiger partial charge in [0, 0.05) is 18.5 Å². The molecule has 0 bridgehead atoms. The van der Waals surface area contributed by atoms with E-state index < -0.39 is 12.0 Å². The lowest BCUT2D eigenvalue weighted by Gasteiger charge is -2.30. The van der Waals surface area contributed by atoms with E-state index in [0.29, 0.717) is 24.2 Å². The summed E-state index contributed by atoms with van der Waals surface area (Å²) in [5.41, 5.74) is 1.72. The highest BCUT2D eigenvalue weighted by Gasteiger charge is 2.24. The molecule has 0 radical (unpaired) electrons. The minimum Gasteiger partial charge on any atom is -0.434 e. The average Bonchev–Trinajstić information content (AvgIpc) is 2.42. The molecular formula is C16H25F2NO3. The van der Waals surface area contributed by atoms with Crippen LogP contribution in [0.1, 0.15) is 23.6 Å². The van der Waals surface area contributed by atoms with Crippen molar-refractivity contribution in [2.45, 2.75) is 33.9 Å². The van der Waals surface area contributed by atoms with Crippen LogP contribution in [0.25, 0.3) is 0 Å². The van der Waals surface area contributed by atoms with Crippen molar-refractivity contribution in [3.8, 4) is 5.75 Å². The molecule has 126 valence electrons. The Morgan fingerprint density at radius 1 is 1.18 bits per heavy atom. The number of aliphatic hydroxyl groups excluding tert-OH is 2. The van der Waals surface area contributed by atoms with E-state index in [-0.39, 0.29) is 19.0 Å². The Bertz CT molecular complexity index is 467. The van der Waals surface area contributed by atoms with E-state index >= 15 is 0 Å². The Morgan fingerprint density at radius 2 is 1.68 bits per heavy atom. The Kier molecular flexibility index (Phi) is 6.71. The van der Waals surface area contributed by atoms with Crippen molar-refractivity contribution in [1.29, 1.82) is 0 Å². The summed E-state index contributed by atoms with van der Waals surface area (Å²) in [5, 5.41) is 18.7. The van der Waals surface area contributed by atoms with E-state index in [1.807, 2.05) is 24.1 Å². The molecule has 0 spiro atoms. The third-order valence-electron chi connectivity index (χ3n) is 3.59. The Balaban J connectivity index is 2.82. The number of rotatable bonds is 8. The van der Waals surface area contributed by atoms with E-state index in [2.05, 4.69) is 4.74 Å². The van der Waals surface area contributed by atoms with Crippen LogP contribution >= 0.6 is 0 Å². The smallest absolute Gasteiger partial charge is 0.387 e. The lowest BCUT2D eigenvalue weighted by molar-refractivity contribution is -0.0507. The summed E-state index contributed by atoms with van der Waals surface area (Å²) in [6.45, 7) is 3.35. The highest BCUT2D eigenvalue weighted by Crippen LogP contribution is 2.27. The van der Waals surface area contributed by atoms with Gasteiger partial charge in [-0.15, -0.1) is 0 Å². The van der Waals surface area contributed by atoms with Gasteiger partial charge in [-0.2, -0.15) is 8.78 Å². The number of nitrogens with zero attached hydrogens (tertiary/aromatic N) is 1. The van der Waals surface area contributed by atoms with Crippen LogP contribution in [0.4, 0.5) is 8.78 Å². The second-order valence-corrected chi connectivity index (χ2v) is 6.24. The molecule has 22 heavy (non-hydrogen) atoms. The van der Waals surface area contributed by atoms with Gasteiger partial charge in [-0.3, -0.25) is 0 Å². The fourth-order valence-electron chi connectivity index (χ4n) is 2.58. The summed E-state index contributed by atoms with van der Waals surface area (Å²) in [5.74, 6) is 0.219. The molecule has 1 rings (SSSR count). The third-order valence-corrected chi connectivity index (χ3v) is 3.59. The van der Waals surface area contributed by atoms with Crippen LogP contribution in [-0.2, 0) is 6.54 Å². The zero-order valence-electron chi connectivity index (χ0n) is 13.6. The molecule has 0 unspecified atom stereocenters. The summed E-state index contributed by atoms with van der Waals surface area (Å²) in [6.07, 6.45) is 0. The van der Waals surface area contributed by atoms with Gasteiger partial charge in [-0.25, -0.2) is 0 Å². The van der Waals surface area contributed by atoms with Crippen molar-refractivity contribution < 1.29 is 23.7 Å². The Hall–Kier alpha value is -1.24. The highest BCUT2D eigenvalue weighted by atomic mass is 19.3. The number of alkyl halides is 2. The molecular weight excluding hydrogens is 292 g/mol. The van der Waals surface area contributed by atoms with Gasteiger partial charge in [0.05, 0.1) is 13.2 Å². The fraction of sp³-hybridized carbons (Fsp3) is 0.625. The first-order chi connectivity index (χ1) is 10.2. The first kappa shape index (κ1) is 18.8. The van der Waals surface area contributed by atoms with E-state index in [1.54, 1.807) is 20.8 Å². The second kappa shape index (κ2) is 7.85. The number of ether oxygens (including phenoxy) is 1. The third kappa shape index (κ3) is 5.19. The molecule has 6 heteroatoms. The maximum atomic E-state index is 12.4. The molecule has 0 saturated carbocycles. The Morgan fingerprint density at radius 3 is 2.09 bits per heavy atom. The van der Waals surface area contributed by atoms with E-state index in [4.69, 9.17) is 0 Å². The zero-order chi connectivity index (χ0) is 16.9. The first-order valence-corrected chi connectivity index (χ1v) is 7.16. The first-order valence-electron chi connectivity index (χ1n) is 7.16. The van der Waals surface area contributed by atoms with Crippen molar-refractivity contribution in [2.24, 2.45) is 5.41 Å². The van der Waals surface area contributed by atoms with E-state index in [9.17, 15) is 19.0 Å². The highest BCUT2D eigenvalue weighted by molar-refractivity contribution is 5.43. The molecule has 0 fully saturated rings. The Labute approximate surface area is 130 Å². The number of benzene rings is 1. The molecule has 0 atom stereocenters. The van der Waals surface area contributed by atoms with Crippen LogP contribution in [0.15, 0.2) is 12.1 Å². The molecule has 4 nitrogen and oxygen atoms in total. The minimum absolute atomic E-state index is 0.104. The number of aryl methyl sites for hydroxylation is 2. The van der Waals surface area contributed by atoms with Crippen molar-refractivity contribution in [3.05, 3.63) is 28.8 Å². The normalized spacial score (nSPS) is 12.3. The molecule has 0 heterocycles. The fourth-order valence-corrected chi connectivity index (χ4v) is 2.58. The van der Waals surface area contributed by atoms with Gasteiger partial charge < -0.3 is 19.8 Å². The monoisotopic (exact) mass is 317 g/mol. The van der Waals surface area contributed by atoms with Gasteiger partial charge in [0.25, 0.3) is 0 Å². The summed E-state index contributed by atoms with van der Waals surface area (Å²) in [6, 6.07) is 3.63. The van der Waals surface area contributed by atoms with Crippen LogP contribution in [0.5, 0.6) is 5.75 Å². The molecule has 0 amide bonds. The maximum Gasteiger partial charge on any atom is 0.387 e. The lowest BCUT2D eigenvalue weighted by Crippen LogP contribution is -2.38. The lowest BCUT2D eigenvalue weighted by atomic mass is 9.92. The second-order valence-electron chi connectivity index (χ2n) is 6.24. The largest absolute Gasteiger partial charge is 0.434 e. The molecule has 0 aliphatic carbocycles. The summed E-state index contributed by atoms with van der Waals surface area (Å²) >= 11 is 0. The summed E-state index contributed by atoms with van der Waals surface area (Å²) in [7, 11) is 1.89. The molecule has 0 aromatic heterocycles. The molecule has 0 aliphatic heterocycles. The van der Waals surface area contributed by atoms with Crippen molar-refractivity contribution in [1.82, 2.24) is 4.90 Å². The standard InChI is InChI=1S/C16H25F2NO3/c1-11-5-13(6-12(2)14(11)22-15(17)18)7-19(4)8-16(3,9-20)10-21/h5-6,15,20-21H,7-10H2,1-4H3. The zero-order valence-corrected chi connectivity index (χ0v) is 13.6. The molecule has 1 aromatic rings. The van der Waals surface area contributed by atoms with Gasteiger partial charge in [0.15, 0.2) is 0 Å². The number of hydrogen-bond donors (Lipinski definition) is 2. The SMILES string of the molecule is Cc1cc(CN(C)CC(C)(CO)CO)cc(C)c1OC(F)F. The summed E-state index contributed by atoms with van der Waals surface area (Å²) < 4.78 is 29.3. The van der Waals surface area contributed by atoms with Crippen molar-refractivity contribution in [3.63, 3.8) is 0 Å². The van der Waals surface area contributed by atoms with Crippen LogP contribution in [0.3, 0.4) is 0 Å². The van der Waals surface area contributed by atoms with E-state index in [0.717, 1.165) is 5.56 Å². The molecule has 0 saturated heterocycles. The predicted octanol–water partition coefficient (Wildman–Crippen LogP) is 2.33. The molecule has 2 N–H and O–H groups in total. The van der Waals surface area contributed by atoms with Crippen LogP contribution < -0.4 is 4.74 Å². The molecule has 1 aromatic carbocycles. The van der Waals surface area contributed by atoms with Gasteiger partial charge >= 0.3 is 6.61 Å². The summed E-state index contributed by atoms with van der Waals surface area (Å²) in [4.78, 5) is 1.98. The van der Waals surface area contributed by atoms with Gasteiger partial charge in [-0.05, 0) is 37.6 Å².